The highest BCUT2D eigenvalue weighted by molar-refractivity contribution is 5.18. The molecule has 0 fully saturated rings. The molecule has 6 nitrogen and oxygen atoms in total. The molecule has 0 spiro atoms. The average Bonchev–Trinajstić information content (AvgIpc) is 2.52. The van der Waals surface area contributed by atoms with Crippen LogP contribution in [0, 0.1) is 17.0 Å². The van der Waals surface area contributed by atoms with Gasteiger partial charge in [-0.1, -0.05) is 0 Å². The minimum atomic E-state index is -0.518. The van der Waals surface area contributed by atoms with Crippen LogP contribution in [0.5, 0.6) is 0 Å². The van der Waals surface area contributed by atoms with E-state index in [4.69, 9.17) is 5.11 Å². The molecule has 0 atom stereocenters. The maximum Gasteiger partial charge on any atom is 0.342 e. The van der Waals surface area contributed by atoms with Crippen LogP contribution in [0.2, 0.25) is 0 Å². The van der Waals surface area contributed by atoms with Crippen LogP contribution in [0.25, 0.3) is 0 Å². The Morgan fingerprint density at radius 3 is 2.71 bits per heavy atom. The number of hydrogen-bond acceptors (Lipinski definition) is 4. The third-order valence-electron chi connectivity index (χ3n) is 1.54. The molecule has 0 saturated carbocycles. The highest BCUT2D eigenvalue weighted by Crippen LogP contribution is 2.12. The van der Waals surface area contributed by atoms with Crippen molar-refractivity contribution in [3.63, 3.8) is 0 Å². The fraction of sp³-hybridized carbons (Fsp3) is 0.375. The second-order valence-corrected chi connectivity index (χ2v) is 2.30. The number of hydrogen-bond donors (Lipinski definition) is 1. The lowest BCUT2D eigenvalue weighted by molar-refractivity contribution is -0.392. The van der Waals surface area contributed by atoms with E-state index in [1.807, 2.05) is 0 Å². The van der Waals surface area contributed by atoms with Gasteiger partial charge in [0.05, 0.1) is 6.61 Å². The summed E-state index contributed by atoms with van der Waals surface area (Å²) in [6.07, 6.45) is 1.19. The molecule has 1 aromatic heterocycles. The third-order valence-corrected chi connectivity index (χ3v) is 1.54. The average molecular weight is 199 g/mol. The monoisotopic (exact) mass is 199 g/mol. The summed E-state index contributed by atoms with van der Waals surface area (Å²) in [6.45, 7) is 7.74. The lowest BCUT2D eigenvalue weighted by atomic mass is 10.6. The summed E-state index contributed by atoms with van der Waals surface area (Å²) in [5.41, 5.74) is 0. The first-order valence-electron chi connectivity index (χ1n) is 3.94. The van der Waals surface area contributed by atoms with Crippen LogP contribution in [0.3, 0.4) is 0 Å². The van der Waals surface area contributed by atoms with Gasteiger partial charge < -0.3 is 15.2 Å². The predicted octanol–water partition coefficient (Wildman–Crippen LogP) is 0.894. The van der Waals surface area contributed by atoms with Crippen molar-refractivity contribution >= 4 is 5.82 Å². The highest BCUT2D eigenvalue weighted by Gasteiger charge is 2.15. The Balaban J connectivity index is 0.000000791. The number of imidazole rings is 1. The number of rotatable bonds is 3. The standard InChI is InChI=1S/C6H9N3O3.C2H4/c1-5-7-4-6(9(11)12)8(5)2-3-10;1-2/h4,10H,2-3H2,1H3;1-2H2. The topological polar surface area (TPSA) is 81.2 Å². The molecule has 0 aliphatic heterocycles. The van der Waals surface area contributed by atoms with E-state index in [1.165, 1.54) is 10.8 Å². The SMILES string of the molecule is C=C.Cc1ncc([N+](=O)[O-])n1CCO. The molecule has 0 bridgehead atoms. The second kappa shape index (κ2) is 5.87. The third kappa shape index (κ3) is 2.67. The largest absolute Gasteiger partial charge is 0.392 e. The van der Waals surface area contributed by atoms with Crippen LogP contribution in [-0.2, 0) is 6.54 Å². The number of nitrogens with zero attached hydrogens (tertiary/aromatic N) is 3. The maximum absolute atomic E-state index is 10.4. The van der Waals surface area contributed by atoms with E-state index in [0.717, 1.165) is 0 Å². The number of aliphatic hydroxyl groups is 1. The van der Waals surface area contributed by atoms with Crippen molar-refractivity contribution in [2.45, 2.75) is 13.5 Å². The van der Waals surface area contributed by atoms with E-state index in [9.17, 15) is 10.1 Å². The van der Waals surface area contributed by atoms with Crippen molar-refractivity contribution < 1.29 is 10.0 Å². The lowest BCUT2D eigenvalue weighted by Crippen LogP contribution is -2.07. The van der Waals surface area contributed by atoms with Gasteiger partial charge in [-0.15, -0.1) is 13.2 Å². The van der Waals surface area contributed by atoms with E-state index >= 15 is 0 Å². The minimum absolute atomic E-state index is 0.0819. The van der Waals surface area contributed by atoms with E-state index in [1.54, 1.807) is 6.92 Å². The number of nitro groups is 1. The van der Waals surface area contributed by atoms with Gasteiger partial charge in [-0.3, -0.25) is 0 Å². The highest BCUT2D eigenvalue weighted by atomic mass is 16.6. The van der Waals surface area contributed by atoms with E-state index < -0.39 is 4.92 Å². The molecule has 14 heavy (non-hydrogen) atoms. The molecular formula is C8H13N3O3. The Bertz CT molecular complexity index is 309. The number of aliphatic hydroxyl groups excluding tert-OH is 1. The van der Waals surface area contributed by atoms with Crippen molar-refractivity contribution in [1.29, 1.82) is 0 Å². The summed E-state index contributed by atoms with van der Waals surface area (Å²) in [7, 11) is 0. The van der Waals surface area contributed by atoms with Crippen molar-refractivity contribution in [3.05, 3.63) is 35.3 Å². The first-order valence-corrected chi connectivity index (χ1v) is 3.94. The predicted molar refractivity (Wildman–Crippen MR) is 52.0 cm³/mol. The molecule has 78 valence electrons. The summed E-state index contributed by atoms with van der Waals surface area (Å²) in [4.78, 5) is 13.6. The Hall–Kier alpha value is -1.69. The zero-order valence-corrected chi connectivity index (χ0v) is 8.01. The van der Waals surface area contributed by atoms with Crippen molar-refractivity contribution in [2.75, 3.05) is 6.61 Å². The molecule has 1 N–H and O–H groups in total. The van der Waals surface area contributed by atoms with Crippen LogP contribution in [0.15, 0.2) is 19.4 Å². The van der Waals surface area contributed by atoms with E-state index in [-0.39, 0.29) is 19.0 Å². The fourth-order valence-electron chi connectivity index (χ4n) is 0.978. The zero-order chi connectivity index (χ0) is 11.1. The molecular weight excluding hydrogens is 186 g/mol. The van der Waals surface area contributed by atoms with Crippen LogP contribution in [0.1, 0.15) is 5.82 Å². The molecule has 0 aromatic carbocycles. The fourth-order valence-corrected chi connectivity index (χ4v) is 0.978. The molecule has 0 saturated heterocycles. The van der Waals surface area contributed by atoms with Crippen LogP contribution in [-0.4, -0.2) is 26.2 Å². The van der Waals surface area contributed by atoms with Gasteiger partial charge in [-0.2, -0.15) is 0 Å². The molecule has 0 aliphatic rings. The van der Waals surface area contributed by atoms with Gasteiger partial charge in [0.2, 0.25) is 0 Å². The van der Waals surface area contributed by atoms with E-state index in [0.29, 0.717) is 5.82 Å². The van der Waals surface area contributed by atoms with Gasteiger partial charge in [0.25, 0.3) is 0 Å². The Kier molecular flexibility index (Phi) is 5.16. The van der Waals surface area contributed by atoms with Gasteiger partial charge in [0.15, 0.2) is 5.82 Å². The summed E-state index contributed by atoms with van der Waals surface area (Å²) < 4.78 is 1.36. The maximum atomic E-state index is 10.4. The molecule has 0 aliphatic carbocycles. The quantitative estimate of drug-likeness (QED) is 0.445. The van der Waals surface area contributed by atoms with Crippen LogP contribution < -0.4 is 0 Å². The number of aryl methyl sites for hydroxylation is 1. The minimum Gasteiger partial charge on any atom is -0.392 e. The van der Waals surface area contributed by atoms with Gasteiger partial charge in [-0.05, 0) is 4.92 Å². The first kappa shape index (κ1) is 12.3. The molecule has 0 amide bonds. The summed E-state index contributed by atoms with van der Waals surface area (Å²) >= 11 is 0. The molecule has 6 heteroatoms. The molecule has 1 aromatic rings. The summed E-state index contributed by atoms with van der Waals surface area (Å²) in [5, 5.41) is 19.0. The molecule has 1 heterocycles. The lowest BCUT2D eigenvalue weighted by Gasteiger charge is -1.98. The summed E-state index contributed by atoms with van der Waals surface area (Å²) in [6, 6.07) is 0. The van der Waals surface area contributed by atoms with E-state index in [2.05, 4.69) is 18.1 Å². The smallest absolute Gasteiger partial charge is 0.342 e. The van der Waals surface area contributed by atoms with Gasteiger partial charge in [0.1, 0.15) is 12.7 Å². The van der Waals surface area contributed by atoms with Crippen LogP contribution >= 0.6 is 0 Å². The zero-order valence-electron chi connectivity index (χ0n) is 8.01. The first-order chi connectivity index (χ1) is 6.66. The molecule has 0 radical (unpaired) electrons. The van der Waals surface area contributed by atoms with Crippen molar-refractivity contribution in [1.82, 2.24) is 9.55 Å². The Morgan fingerprint density at radius 2 is 2.29 bits per heavy atom. The normalized spacial score (nSPS) is 9.00. The molecule has 0 unspecified atom stereocenters. The van der Waals surface area contributed by atoms with Crippen molar-refractivity contribution in [3.8, 4) is 0 Å². The number of aromatic nitrogens is 2. The second-order valence-electron chi connectivity index (χ2n) is 2.30. The van der Waals surface area contributed by atoms with Gasteiger partial charge in [0, 0.05) is 6.92 Å². The molecule has 1 rings (SSSR count). The Morgan fingerprint density at radius 1 is 1.71 bits per heavy atom. The Labute approximate surface area is 81.7 Å². The summed E-state index contributed by atoms with van der Waals surface area (Å²) in [5.74, 6) is 0.456. The van der Waals surface area contributed by atoms with Gasteiger partial charge >= 0.3 is 5.82 Å². The van der Waals surface area contributed by atoms with Crippen molar-refractivity contribution in [2.24, 2.45) is 0 Å². The van der Waals surface area contributed by atoms with Crippen LogP contribution in [0.4, 0.5) is 5.82 Å². The van der Waals surface area contributed by atoms with Gasteiger partial charge in [-0.25, -0.2) is 9.55 Å².